The van der Waals surface area contributed by atoms with Gasteiger partial charge in [-0.2, -0.15) is 0 Å². The van der Waals surface area contributed by atoms with E-state index in [-0.39, 0.29) is 12.1 Å². The Balaban J connectivity index is 1.39. The zero-order chi connectivity index (χ0) is 16.8. The third kappa shape index (κ3) is 4.77. The van der Waals surface area contributed by atoms with Crippen LogP contribution >= 0.6 is 11.6 Å². The summed E-state index contributed by atoms with van der Waals surface area (Å²) in [5.41, 5.74) is 0. The molecule has 2 aliphatic heterocycles. The molecule has 0 aromatic heterocycles. The van der Waals surface area contributed by atoms with E-state index in [9.17, 15) is 4.79 Å². The smallest absolute Gasteiger partial charge is 0.317 e. The van der Waals surface area contributed by atoms with Gasteiger partial charge in [-0.25, -0.2) is 4.79 Å². The molecular formula is C18H25ClN2O3. The Morgan fingerprint density at radius 1 is 1.29 bits per heavy atom. The van der Waals surface area contributed by atoms with Gasteiger partial charge < -0.3 is 19.7 Å². The van der Waals surface area contributed by atoms with E-state index in [4.69, 9.17) is 21.1 Å². The van der Waals surface area contributed by atoms with E-state index in [2.05, 4.69) is 5.32 Å². The molecule has 1 atom stereocenters. The van der Waals surface area contributed by atoms with Crippen molar-refractivity contribution in [1.29, 1.82) is 0 Å². The fraction of sp³-hybridized carbons (Fsp3) is 0.611. The first-order valence-corrected chi connectivity index (χ1v) is 9.12. The molecule has 1 N–H and O–H groups in total. The number of urea groups is 1. The predicted molar refractivity (Wildman–Crippen MR) is 93.6 cm³/mol. The highest BCUT2D eigenvalue weighted by molar-refractivity contribution is 6.32. The number of benzene rings is 1. The van der Waals surface area contributed by atoms with Gasteiger partial charge in [0.2, 0.25) is 0 Å². The zero-order valence-corrected chi connectivity index (χ0v) is 14.6. The van der Waals surface area contributed by atoms with Gasteiger partial charge in [0, 0.05) is 39.1 Å². The van der Waals surface area contributed by atoms with Crippen LogP contribution in [0.25, 0.3) is 0 Å². The van der Waals surface area contributed by atoms with Crippen LogP contribution in [0.15, 0.2) is 24.3 Å². The fourth-order valence-corrected chi connectivity index (χ4v) is 3.39. The Labute approximate surface area is 148 Å². The van der Waals surface area contributed by atoms with Crippen LogP contribution in [0.1, 0.15) is 25.7 Å². The van der Waals surface area contributed by atoms with Gasteiger partial charge in [-0.3, -0.25) is 0 Å². The van der Waals surface area contributed by atoms with E-state index in [1.807, 2.05) is 29.2 Å². The number of piperidine rings is 1. The Bertz CT molecular complexity index is 541. The molecule has 0 bridgehead atoms. The molecule has 2 saturated heterocycles. The summed E-state index contributed by atoms with van der Waals surface area (Å²) in [6.45, 7) is 3.73. The van der Waals surface area contributed by atoms with Gasteiger partial charge in [0.25, 0.3) is 0 Å². The standard InChI is InChI=1S/C18H25ClN2O3/c19-16-5-1-2-6-17(16)24-15-7-9-21(10-8-15)18(22)20-12-14-4-3-11-23-13-14/h1-2,5-6,14-15H,3-4,7-13H2,(H,20,22)/t14-/m0/s1. The maximum absolute atomic E-state index is 12.3. The lowest BCUT2D eigenvalue weighted by Crippen LogP contribution is -2.47. The van der Waals surface area contributed by atoms with Crippen molar-refractivity contribution < 1.29 is 14.3 Å². The van der Waals surface area contributed by atoms with Gasteiger partial charge in [-0.1, -0.05) is 23.7 Å². The molecule has 3 rings (SSSR count). The first-order chi connectivity index (χ1) is 11.7. The van der Waals surface area contributed by atoms with Gasteiger partial charge in [-0.15, -0.1) is 0 Å². The van der Waals surface area contributed by atoms with Crippen molar-refractivity contribution in [2.45, 2.75) is 31.8 Å². The first kappa shape index (κ1) is 17.4. The summed E-state index contributed by atoms with van der Waals surface area (Å²) in [4.78, 5) is 14.1. The van der Waals surface area contributed by atoms with Crippen LogP contribution in [0, 0.1) is 5.92 Å². The average Bonchev–Trinajstić information content (AvgIpc) is 2.63. The maximum atomic E-state index is 12.3. The largest absolute Gasteiger partial charge is 0.489 e. The summed E-state index contributed by atoms with van der Waals surface area (Å²) in [7, 11) is 0. The third-order valence-electron chi connectivity index (χ3n) is 4.66. The predicted octanol–water partition coefficient (Wildman–Crippen LogP) is 3.32. The quantitative estimate of drug-likeness (QED) is 0.904. The average molecular weight is 353 g/mol. The molecule has 0 saturated carbocycles. The van der Waals surface area contributed by atoms with E-state index in [0.29, 0.717) is 30.6 Å². The maximum Gasteiger partial charge on any atom is 0.317 e. The number of nitrogens with one attached hydrogen (secondary N) is 1. The molecule has 5 nitrogen and oxygen atoms in total. The number of para-hydroxylation sites is 1. The Morgan fingerprint density at radius 3 is 2.79 bits per heavy atom. The molecule has 0 radical (unpaired) electrons. The normalized spacial score (nSPS) is 22.2. The van der Waals surface area contributed by atoms with Gasteiger partial charge in [0.1, 0.15) is 11.9 Å². The van der Waals surface area contributed by atoms with Crippen LogP contribution in [0.3, 0.4) is 0 Å². The van der Waals surface area contributed by atoms with Crippen molar-refractivity contribution in [1.82, 2.24) is 10.2 Å². The van der Waals surface area contributed by atoms with Crippen molar-refractivity contribution in [3.63, 3.8) is 0 Å². The van der Waals surface area contributed by atoms with Crippen molar-refractivity contribution in [2.75, 3.05) is 32.8 Å². The van der Waals surface area contributed by atoms with Crippen molar-refractivity contribution in [3.8, 4) is 5.75 Å². The molecule has 132 valence electrons. The number of hydrogen-bond donors (Lipinski definition) is 1. The Morgan fingerprint density at radius 2 is 2.08 bits per heavy atom. The van der Waals surface area contributed by atoms with Crippen molar-refractivity contribution >= 4 is 17.6 Å². The number of ether oxygens (including phenoxy) is 2. The molecule has 0 unspecified atom stereocenters. The number of carbonyl (C=O) groups excluding carboxylic acids is 1. The minimum Gasteiger partial charge on any atom is -0.489 e. The summed E-state index contributed by atoms with van der Waals surface area (Å²) >= 11 is 6.13. The van der Waals surface area contributed by atoms with Crippen LogP contribution in [-0.2, 0) is 4.74 Å². The monoisotopic (exact) mass is 352 g/mol. The van der Waals surface area contributed by atoms with Crippen molar-refractivity contribution in [2.24, 2.45) is 5.92 Å². The first-order valence-electron chi connectivity index (χ1n) is 8.74. The summed E-state index contributed by atoms with van der Waals surface area (Å²) in [5.74, 6) is 1.17. The summed E-state index contributed by atoms with van der Waals surface area (Å²) < 4.78 is 11.4. The number of halogens is 1. The van der Waals surface area contributed by atoms with Gasteiger partial charge in [-0.05, 0) is 30.9 Å². The van der Waals surface area contributed by atoms with Crippen molar-refractivity contribution in [3.05, 3.63) is 29.3 Å². The lowest BCUT2D eigenvalue weighted by molar-refractivity contribution is 0.0545. The lowest BCUT2D eigenvalue weighted by atomic mass is 10.0. The number of likely N-dealkylation sites (tertiary alicyclic amines) is 1. The van der Waals surface area contributed by atoms with Crippen LogP contribution in [0.5, 0.6) is 5.75 Å². The molecule has 2 fully saturated rings. The van der Waals surface area contributed by atoms with E-state index < -0.39 is 0 Å². The Kier molecular flexibility index (Phi) is 6.21. The minimum atomic E-state index is 0.0248. The summed E-state index contributed by atoms with van der Waals surface area (Å²) in [6, 6.07) is 7.54. The summed E-state index contributed by atoms with van der Waals surface area (Å²) in [5, 5.41) is 3.67. The van der Waals surface area contributed by atoms with Crippen LogP contribution < -0.4 is 10.1 Å². The summed E-state index contributed by atoms with van der Waals surface area (Å²) in [6.07, 6.45) is 3.98. The fourth-order valence-electron chi connectivity index (χ4n) is 3.21. The number of hydrogen-bond acceptors (Lipinski definition) is 3. The second kappa shape index (κ2) is 8.58. The topological polar surface area (TPSA) is 50.8 Å². The second-order valence-corrected chi connectivity index (χ2v) is 6.91. The van der Waals surface area contributed by atoms with E-state index in [1.165, 1.54) is 0 Å². The molecule has 24 heavy (non-hydrogen) atoms. The number of nitrogens with zero attached hydrogens (tertiary/aromatic N) is 1. The number of amides is 2. The molecule has 2 aliphatic rings. The molecule has 6 heteroatoms. The Hall–Kier alpha value is -1.46. The highest BCUT2D eigenvalue weighted by atomic mass is 35.5. The van der Waals surface area contributed by atoms with Crippen LogP contribution in [-0.4, -0.2) is 49.9 Å². The highest BCUT2D eigenvalue weighted by Gasteiger charge is 2.25. The second-order valence-electron chi connectivity index (χ2n) is 6.50. The van der Waals surface area contributed by atoms with Gasteiger partial charge >= 0.3 is 6.03 Å². The van der Waals surface area contributed by atoms with Gasteiger partial charge in [0.15, 0.2) is 0 Å². The number of carbonyl (C=O) groups is 1. The molecular weight excluding hydrogens is 328 g/mol. The van der Waals surface area contributed by atoms with E-state index in [1.54, 1.807) is 0 Å². The minimum absolute atomic E-state index is 0.0248. The van der Waals surface area contributed by atoms with E-state index in [0.717, 1.165) is 44.6 Å². The SMILES string of the molecule is O=C(NC[C@@H]1CCCOC1)N1CCC(Oc2ccccc2Cl)CC1. The zero-order valence-electron chi connectivity index (χ0n) is 13.9. The van der Waals surface area contributed by atoms with Gasteiger partial charge in [0.05, 0.1) is 11.6 Å². The van der Waals surface area contributed by atoms with E-state index >= 15 is 0 Å². The molecule has 1 aromatic rings. The lowest BCUT2D eigenvalue weighted by Gasteiger charge is -2.33. The molecule has 2 amide bonds. The molecule has 0 aliphatic carbocycles. The number of rotatable bonds is 4. The van der Waals surface area contributed by atoms with Crippen LogP contribution in [0.2, 0.25) is 5.02 Å². The highest BCUT2D eigenvalue weighted by Crippen LogP contribution is 2.26. The molecule has 0 spiro atoms. The van der Waals surface area contributed by atoms with Crippen LogP contribution in [0.4, 0.5) is 4.79 Å². The third-order valence-corrected chi connectivity index (χ3v) is 4.97. The molecule has 2 heterocycles. The molecule has 1 aromatic carbocycles.